The first-order valence-electron chi connectivity index (χ1n) is 6.16. The topological polar surface area (TPSA) is 67.9 Å². The number of esters is 1. The molecule has 6 heteroatoms. The van der Waals surface area contributed by atoms with Crippen LogP contribution in [0.5, 0.6) is 0 Å². The second-order valence-electron chi connectivity index (χ2n) is 3.94. The largest absolute Gasteiger partial charge is 0.466 e. The van der Waals surface area contributed by atoms with Crippen molar-refractivity contribution in [3.05, 3.63) is 11.3 Å². The first-order chi connectivity index (χ1) is 8.63. The van der Waals surface area contributed by atoms with Crippen LogP contribution in [-0.4, -0.2) is 37.2 Å². The zero-order valence-corrected chi connectivity index (χ0v) is 11.1. The molecule has 0 saturated heterocycles. The summed E-state index contributed by atoms with van der Waals surface area (Å²) in [6.45, 7) is 4.92. The van der Waals surface area contributed by atoms with Gasteiger partial charge in [0.2, 0.25) is 0 Å². The number of nitrogens with zero attached hydrogens (tertiary/aromatic N) is 1. The van der Waals surface area contributed by atoms with Crippen molar-refractivity contribution in [1.82, 2.24) is 10.4 Å². The third kappa shape index (κ3) is 3.38. The van der Waals surface area contributed by atoms with Gasteiger partial charge in [-0.15, -0.1) is 0 Å². The molecule has 0 aromatic carbocycles. The van der Waals surface area contributed by atoms with Gasteiger partial charge in [0, 0.05) is 13.1 Å². The first kappa shape index (κ1) is 14.3. The number of carbonyl (C=O) groups is 2. The summed E-state index contributed by atoms with van der Waals surface area (Å²) in [5, 5.41) is 0. The number of hydroxylamine groups is 1. The highest BCUT2D eigenvalue weighted by molar-refractivity contribution is 5.89. The molecule has 0 spiro atoms. The standard InChI is InChI=1S/C12H20N2O4/c1-4-14(5-2)12(16)18-13-10-8-6-7-9(10)11(15)17-3/h13H,4-8H2,1-3H3. The minimum Gasteiger partial charge on any atom is -0.466 e. The van der Waals surface area contributed by atoms with E-state index in [2.05, 4.69) is 10.2 Å². The number of nitrogens with one attached hydrogen (secondary N) is 1. The molecule has 0 unspecified atom stereocenters. The molecule has 1 aliphatic carbocycles. The fraction of sp³-hybridized carbons (Fsp3) is 0.667. The minimum absolute atomic E-state index is 0.367. The lowest BCUT2D eigenvalue weighted by molar-refractivity contribution is -0.136. The van der Waals surface area contributed by atoms with Gasteiger partial charge in [-0.25, -0.2) is 15.1 Å². The molecular formula is C12H20N2O4. The van der Waals surface area contributed by atoms with Crippen molar-refractivity contribution in [2.75, 3.05) is 20.2 Å². The molecule has 0 radical (unpaired) electrons. The van der Waals surface area contributed by atoms with E-state index in [-0.39, 0.29) is 5.97 Å². The number of ether oxygens (including phenoxy) is 1. The maximum absolute atomic E-state index is 11.6. The van der Waals surface area contributed by atoms with E-state index < -0.39 is 6.09 Å². The molecule has 0 fully saturated rings. The molecule has 0 aromatic rings. The summed E-state index contributed by atoms with van der Waals surface area (Å²) in [4.78, 5) is 29.6. The lowest BCUT2D eigenvalue weighted by atomic mass is 10.2. The highest BCUT2D eigenvalue weighted by atomic mass is 16.7. The number of hydrogen-bond donors (Lipinski definition) is 1. The average molecular weight is 256 g/mol. The van der Waals surface area contributed by atoms with Gasteiger partial charge in [0.15, 0.2) is 0 Å². The van der Waals surface area contributed by atoms with Crippen molar-refractivity contribution in [3.8, 4) is 0 Å². The SMILES string of the molecule is CCN(CC)C(=O)ONC1=C(C(=O)OC)CCC1. The first-order valence-corrected chi connectivity index (χ1v) is 6.16. The highest BCUT2D eigenvalue weighted by Crippen LogP contribution is 2.24. The highest BCUT2D eigenvalue weighted by Gasteiger charge is 2.23. The van der Waals surface area contributed by atoms with Gasteiger partial charge in [-0.05, 0) is 33.1 Å². The molecule has 102 valence electrons. The van der Waals surface area contributed by atoms with E-state index in [1.54, 1.807) is 4.90 Å². The Morgan fingerprint density at radius 2 is 1.94 bits per heavy atom. The Kier molecular flexibility index (Phi) is 5.48. The van der Waals surface area contributed by atoms with Gasteiger partial charge in [-0.1, -0.05) is 0 Å². The van der Waals surface area contributed by atoms with Gasteiger partial charge in [0.05, 0.1) is 18.4 Å². The Labute approximate surface area is 107 Å². The Hall–Kier alpha value is -1.72. The molecule has 18 heavy (non-hydrogen) atoms. The third-order valence-electron chi connectivity index (χ3n) is 2.93. The van der Waals surface area contributed by atoms with E-state index >= 15 is 0 Å². The Morgan fingerprint density at radius 1 is 1.28 bits per heavy atom. The monoisotopic (exact) mass is 256 g/mol. The van der Waals surface area contributed by atoms with E-state index in [1.165, 1.54) is 7.11 Å². The van der Waals surface area contributed by atoms with Crippen LogP contribution in [0, 0.1) is 0 Å². The van der Waals surface area contributed by atoms with E-state index in [0.717, 1.165) is 6.42 Å². The predicted octanol–water partition coefficient (Wildman–Crippen LogP) is 1.58. The van der Waals surface area contributed by atoms with Crippen LogP contribution in [0.15, 0.2) is 11.3 Å². The summed E-state index contributed by atoms with van der Waals surface area (Å²) in [7, 11) is 1.34. The lowest BCUT2D eigenvalue weighted by Crippen LogP contribution is -2.35. The van der Waals surface area contributed by atoms with Gasteiger partial charge in [-0.2, -0.15) is 0 Å². The number of methoxy groups -OCH3 is 1. The zero-order chi connectivity index (χ0) is 13.5. The zero-order valence-electron chi connectivity index (χ0n) is 11.1. The van der Waals surface area contributed by atoms with Gasteiger partial charge in [-0.3, -0.25) is 0 Å². The number of allylic oxidation sites excluding steroid dienone is 1. The number of amides is 1. The molecule has 0 aliphatic heterocycles. The summed E-state index contributed by atoms with van der Waals surface area (Å²) < 4.78 is 4.67. The summed E-state index contributed by atoms with van der Waals surface area (Å²) in [5.41, 5.74) is 3.78. The smallest absolute Gasteiger partial charge is 0.434 e. The van der Waals surface area contributed by atoms with Crippen molar-refractivity contribution in [2.24, 2.45) is 0 Å². The summed E-state index contributed by atoms with van der Waals surface area (Å²) in [6.07, 6.45) is 1.76. The average Bonchev–Trinajstić information content (AvgIpc) is 2.85. The fourth-order valence-electron chi connectivity index (χ4n) is 1.86. The fourth-order valence-corrected chi connectivity index (χ4v) is 1.86. The number of carbonyl (C=O) groups excluding carboxylic acids is 2. The Balaban J connectivity index is 2.57. The van der Waals surface area contributed by atoms with Crippen LogP contribution < -0.4 is 5.48 Å². The van der Waals surface area contributed by atoms with Crippen LogP contribution >= 0.6 is 0 Å². The predicted molar refractivity (Wildman–Crippen MR) is 65.4 cm³/mol. The van der Waals surface area contributed by atoms with Crippen molar-refractivity contribution in [2.45, 2.75) is 33.1 Å². The Morgan fingerprint density at radius 3 is 2.50 bits per heavy atom. The van der Waals surface area contributed by atoms with Crippen LogP contribution in [0.2, 0.25) is 0 Å². The lowest BCUT2D eigenvalue weighted by Gasteiger charge is -2.18. The summed E-state index contributed by atoms with van der Waals surface area (Å²) in [6, 6.07) is 0. The molecular weight excluding hydrogens is 236 g/mol. The van der Waals surface area contributed by atoms with Crippen molar-refractivity contribution in [1.29, 1.82) is 0 Å². The normalized spacial score (nSPS) is 14.4. The van der Waals surface area contributed by atoms with Gasteiger partial charge in [0.25, 0.3) is 0 Å². The van der Waals surface area contributed by atoms with Gasteiger partial charge >= 0.3 is 12.1 Å². The molecule has 1 rings (SSSR count). The minimum atomic E-state index is -0.441. The van der Waals surface area contributed by atoms with E-state index in [0.29, 0.717) is 37.2 Å². The van der Waals surface area contributed by atoms with Crippen LogP contribution in [0.25, 0.3) is 0 Å². The van der Waals surface area contributed by atoms with Crippen molar-refractivity contribution in [3.63, 3.8) is 0 Å². The van der Waals surface area contributed by atoms with E-state index in [9.17, 15) is 9.59 Å². The van der Waals surface area contributed by atoms with Crippen LogP contribution in [-0.2, 0) is 14.4 Å². The molecule has 0 bridgehead atoms. The van der Waals surface area contributed by atoms with Crippen molar-refractivity contribution >= 4 is 12.1 Å². The molecule has 1 aliphatic rings. The van der Waals surface area contributed by atoms with Crippen LogP contribution in [0.3, 0.4) is 0 Å². The number of hydrogen-bond acceptors (Lipinski definition) is 5. The molecule has 6 nitrogen and oxygen atoms in total. The van der Waals surface area contributed by atoms with Crippen LogP contribution in [0.1, 0.15) is 33.1 Å². The van der Waals surface area contributed by atoms with Crippen molar-refractivity contribution < 1.29 is 19.2 Å². The molecule has 0 aromatic heterocycles. The maximum Gasteiger partial charge on any atom is 0.434 e. The molecule has 0 saturated carbocycles. The van der Waals surface area contributed by atoms with E-state index in [1.807, 2.05) is 13.8 Å². The maximum atomic E-state index is 11.6. The Bertz CT molecular complexity index is 348. The second kappa shape index (κ2) is 6.88. The summed E-state index contributed by atoms with van der Waals surface area (Å²) >= 11 is 0. The summed E-state index contributed by atoms with van der Waals surface area (Å²) in [5.74, 6) is -0.367. The number of rotatable bonds is 5. The molecule has 0 heterocycles. The molecule has 0 atom stereocenters. The quantitative estimate of drug-likeness (QED) is 0.597. The second-order valence-corrected chi connectivity index (χ2v) is 3.94. The van der Waals surface area contributed by atoms with Crippen LogP contribution in [0.4, 0.5) is 4.79 Å². The van der Waals surface area contributed by atoms with Gasteiger partial charge < -0.3 is 14.5 Å². The molecule has 1 N–H and O–H groups in total. The van der Waals surface area contributed by atoms with E-state index in [4.69, 9.17) is 4.84 Å². The third-order valence-corrected chi connectivity index (χ3v) is 2.93. The van der Waals surface area contributed by atoms with Gasteiger partial charge in [0.1, 0.15) is 0 Å². The molecule has 1 amide bonds.